The SMILES string of the molecule is COc1c(CC=C(C)C)c(O)cc2c1CCC(c1ccc(O)cc1O)O2. The molecule has 0 radical (unpaired) electrons. The first-order valence-electron chi connectivity index (χ1n) is 8.64. The van der Waals surface area contributed by atoms with Crippen molar-refractivity contribution in [2.45, 2.75) is 39.2 Å². The molecule has 26 heavy (non-hydrogen) atoms. The fourth-order valence-corrected chi connectivity index (χ4v) is 3.31. The number of allylic oxidation sites excluding steroid dienone is 2. The fourth-order valence-electron chi connectivity index (χ4n) is 3.31. The molecule has 2 aromatic rings. The number of aromatic hydroxyl groups is 3. The molecule has 0 spiro atoms. The lowest BCUT2D eigenvalue weighted by atomic mass is 9.93. The minimum Gasteiger partial charge on any atom is -0.508 e. The van der Waals surface area contributed by atoms with Crippen LogP contribution in [0.4, 0.5) is 0 Å². The van der Waals surface area contributed by atoms with Crippen LogP contribution in [0.2, 0.25) is 0 Å². The van der Waals surface area contributed by atoms with Crippen LogP contribution >= 0.6 is 0 Å². The van der Waals surface area contributed by atoms with E-state index in [1.165, 1.54) is 17.7 Å². The normalized spacial score (nSPS) is 15.7. The molecule has 0 saturated heterocycles. The molecule has 1 atom stereocenters. The van der Waals surface area contributed by atoms with Crippen molar-refractivity contribution >= 4 is 0 Å². The number of hydrogen-bond acceptors (Lipinski definition) is 5. The van der Waals surface area contributed by atoms with Gasteiger partial charge in [-0.25, -0.2) is 0 Å². The van der Waals surface area contributed by atoms with Crippen LogP contribution in [0.3, 0.4) is 0 Å². The summed E-state index contributed by atoms with van der Waals surface area (Å²) in [5.41, 5.74) is 3.46. The van der Waals surface area contributed by atoms with Gasteiger partial charge in [0.2, 0.25) is 0 Å². The van der Waals surface area contributed by atoms with E-state index in [2.05, 4.69) is 0 Å². The maximum absolute atomic E-state index is 10.5. The molecule has 1 unspecified atom stereocenters. The molecule has 0 saturated carbocycles. The van der Waals surface area contributed by atoms with E-state index >= 15 is 0 Å². The first kappa shape index (κ1) is 18.0. The van der Waals surface area contributed by atoms with Crippen molar-refractivity contribution < 1.29 is 24.8 Å². The lowest BCUT2D eigenvalue weighted by Gasteiger charge is -2.29. The van der Waals surface area contributed by atoms with Crippen molar-refractivity contribution in [1.82, 2.24) is 0 Å². The molecule has 3 N–H and O–H groups in total. The first-order valence-corrected chi connectivity index (χ1v) is 8.64. The van der Waals surface area contributed by atoms with Crippen molar-refractivity contribution in [3.63, 3.8) is 0 Å². The van der Waals surface area contributed by atoms with E-state index in [1.54, 1.807) is 19.2 Å². The van der Waals surface area contributed by atoms with Crippen LogP contribution in [-0.4, -0.2) is 22.4 Å². The predicted octanol–water partition coefficient (Wildman–Crippen LogP) is 4.39. The summed E-state index contributed by atoms with van der Waals surface area (Å²) in [6.07, 6.45) is 3.65. The Kier molecular flexibility index (Phi) is 4.98. The van der Waals surface area contributed by atoms with Gasteiger partial charge in [0.25, 0.3) is 0 Å². The van der Waals surface area contributed by atoms with Gasteiger partial charge in [-0.1, -0.05) is 11.6 Å². The maximum Gasteiger partial charge on any atom is 0.132 e. The standard InChI is InChI=1S/C21H24O5/c1-12(2)4-6-15-18(24)11-20-16(21(15)25-3)8-9-19(26-20)14-7-5-13(22)10-17(14)23/h4-5,7,10-11,19,22-24H,6,8-9H2,1-3H3. The highest BCUT2D eigenvalue weighted by Gasteiger charge is 2.28. The number of fused-ring (bicyclic) bond motifs is 1. The molecule has 5 nitrogen and oxygen atoms in total. The molecule has 138 valence electrons. The summed E-state index contributed by atoms with van der Waals surface area (Å²) in [5.74, 6) is 1.35. The Balaban J connectivity index is 1.97. The van der Waals surface area contributed by atoms with Gasteiger partial charge in [0.1, 0.15) is 34.9 Å². The van der Waals surface area contributed by atoms with Crippen LogP contribution in [0.5, 0.6) is 28.7 Å². The van der Waals surface area contributed by atoms with E-state index in [4.69, 9.17) is 9.47 Å². The Morgan fingerprint density at radius 2 is 1.96 bits per heavy atom. The Morgan fingerprint density at radius 1 is 1.19 bits per heavy atom. The minimum atomic E-state index is -0.351. The van der Waals surface area contributed by atoms with Gasteiger partial charge in [0.15, 0.2) is 0 Å². The average Bonchev–Trinajstić information content (AvgIpc) is 2.58. The van der Waals surface area contributed by atoms with Crippen molar-refractivity contribution in [2.75, 3.05) is 7.11 Å². The third-order valence-corrected chi connectivity index (χ3v) is 4.63. The quantitative estimate of drug-likeness (QED) is 0.708. The summed E-state index contributed by atoms with van der Waals surface area (Å²) in [7, 11) is 1.60. The molecule has 5 heteroatoms. The second-order valence-corrected chi connectivity index (χ2v) is 6.76. The number of phenols is 3. The maximum atomic E-state index is 10.5. The zero-order valence-electron chi connectivity index (χ0n) is 15.2. The summed E-state index contributed by atoms with van der Waals surface area (Å²) in [4.78, 5) is 0. The van der Waals surface area contributed by atoms with Crippen molar-refractivity contribution in [2.24, 2.45) is 0 Å². The number of ether oxygens (including phenoxy) is 2. The van der Waals surface area contributed by atoms with Gasteiger partial charge >= 0.3 is 0 Å². The summed E-state index contributed by atoms with van der Waals surface area (Å²) in [6.45, 7) is 4.03. The summed E-state index contributed by atoms with van der Waals surface area (Å²) in [5, 5.41) is 30.0. The third-order valence-electron chi connectivity index (χ3n) is 4.63. The van der Waals surface area contributed by atoms with Crippen LogP contribution in [0.15, 0.2) is 35.9 Å². The second-order valence-electron chi connectivity index (χ2n) is 6.76. The highest BCUT2D eigenvalue weighted by Crippen LogP contribution is 2.46. The molecule has 0 aliphatic carbocycles. The number of hydrogen-bond donors (Lipinski definition) is 3. The van der Waals surface area contributed by atoms with E-state index < -0.39 is 0 Å². The molecule has 0 aromatic heterocycles. The number of phenolic OH excluding ortho intramolecular Hbond substituents is 3. The molecule has 2 aromatic carbocycles. The van der Waals surface area contributed by atoms with Crippen LogP contribution in [0.1, 0.15) is 43.1 Å². The first-order chi connectivity index (χ1) is 12.4. The minimum absolute atomic E-state index is 0.00480. The molecule has 1 aliphatic rings. The number of benzene rings is 2. The van der Waals surface area contributed by atoms with Crippen LogP contribution < -0.4 is 9.47 Å². The highest BCUT2D eigenvalue weighted by atomic mass is 16.5. The molecular weight excluding hydrogens is 332 g/mol. The van der Waals surface area contributed by atoms with E-state index in [9.17, 15) is 15.3 Å². The summed E-state index contributed by atoms with van der Waals surface area (Å²) < 4.78 is 11.6. The van der Waals surface area contributed by atoms with Gasteiger partial charge in [0, 0.05) is 28.8 Å². The molecule has 3 rings (SSSR count). The van der Waals surface area contributed by atoms with E-state index in [-0.39, 0.29) is 23.4 Å². The monoisotopic (exact) mass is 356 g/mol. The zero-order chi connectivity index (χ0) is 18.8. The van der Waals surface area contributed by atoms with Gasteiger partial charge < -0.3 is 24.8 Å². The predicted molar refractivity (Wildman–Crippen MR) is 99.3 cm³/mol. The van der Waals surface area contributed by atoms with Crippen LogP contribution in [-0.2, 0) is 12.8 Å². The fraction of sp³-hybridized carbons (Fsp3) is 0.333. The van der Waals surface area contributed by atoms with Gasteiger partial charge in [-0.15, -0.1) is 0 Å². The Hall–Kier alpha value is -2.82. The largest absolute Gasteiger partial charge is 0.508 e. The van der Waals surface area contributed by atoms with Gasteiger partial charge in [0.05, 0.1) is 7.11 Å². The Labute approximate surface area is 153 Å². The summed E-state index contributed by atoms with van der Waals surface area (Å²) >= 11 is 0. The van der Waals surface area contributed by atoms with Crippen LogP contribution in [0.25, 0.3) is 0 Å². The highest BCUT2D eigenvalue weighted by molar-refractivity contribution is 5.58. The van der Waals surface area contributed by atoms with E-state index in [0.717, 1.165) is 11.1 Å². The smallest absolute Gasteiger partial charge is 0.132 e. The lowest BCUT2D eigenvalue weighted by molar-refractivity contribution is 0.170. The van der Waals surface area contributed by atoms with Gasteiger partial charge in [-0.05, 0) is 45.2 Å². The molecule has 1 aliphatic heterocycles. The number of rotatable bonds is 4. The Bertz CT molecular complexity index is 850. The van der Waals surface area contributed by atoms with E-state index in [1.807, 2.05) is 19.9 Å². The Morgan fingerprint density at radius 3 is 2.62 bits per heavy atom. The molecule has 1 heterocycles. The lowest BCUT2D eigenvalue weighted by Crippen LogP contribution is -2.16. The second kappa shape index (κ2) is 7.20. The third kappa shape index (κ3) is 3.43. The average molecular weight is 356 g/mol. The van der Waals surface area contributed by atoms with Crippen molar-refractivity contribution in [1.29, 1.82) is 0 Å². The topological polar surface area (TPSA) is 79.2 Å². The van der Waals surface area contributed by atoms with Gasteiger partial charge in [-0.3, -0.25) is 0 Å². The van der Waals surface area contributed by atoms with E-state index in [0.29, 0.717) is 36.3 Å². The van der Waals surface area contributed by atoms with Crippen molar-refractivity contribution in [3.05, 3.63) is 52.6 Å². The van der Waals surface area contributed by atoms with Crippen molar-refractivity contribution in [3.8, 4) is 28.7 Å². The molecular formula is C21H24O5. The van der Waals surface area contributed by atoms with Crippen LogP contribution in [0, 0.1) is 0 Å². The van der Waals surface area contributed by atoms with Gasteiger partial charge in [-0.2, -0.15) is 0 Å². The zero-order valence-corrected chi connectivity index (χ0v) is 15.2. The number of methoxy groups -OCH3 is 1. The summed E-state index contributed by atoms with van der Waals surface area (Å²) in [6, 6.07) is 6.10. The molecule has 0 bridgehead atoms. The molecule has 0 amide bonds. The molecule has 0 fully saturated rings.